The smallest absolute Gasteiger partial charge is 0.327 e. The van der Waals surface area contributed by atoms with Gasteiger partial charge in [0.05, 0.1) is 20.3 Å². The number of thioether (sulfide) groups is 1. The number of nitrogens with zero attached hydrogens (tertiary/aromatic N) is 2. The van der Waals surface area contributed by atoms with Gasteiger partial charge in [0.2, 0.25) is 0 Å². The number of carbonyl (C=O) groups is 2. The van der Waals surface area contributed by atoms with E-state index >= 15 is 0 Å². The molecule has 0 unspecified atom stereocenters. The molecule has 0 aliphatic carbocycles. The summed E-state index contributed by atoms with van der Waals surface area (Å²) in [5, 5.41) is 0. The molecule has 0 aromatic heterocycles. The summed E-state index contributed by atoms with van der Waals surface area (Å²) in [6.07, 6.45) is 0. The van der Waals surface area contributed by atoms with Crippen molar-refractivity contribution in [1.29, 1.82) is 0 Å². The molecule has 24 heavy (non-hydrogen) atoms. The Balaban J connectivity index is 1.77. The molecule has 6 nitrogen and oxygen atoms in total. The largest absolute Gasteiger partial charge is 0.497 e. The van der Waals surface area contributed by atoms with Crippen LogP contribution in [0.3, 0.4) is 0 Å². The molecule has 0 radical (unpaired) electrons. The molecule has 1 aromatic carbocycles. The molecule has 3 amide bonds. The topological polar surface area (TPSA) is 59.1 Å². The normalized spacial score (nSPS) is 24.0. The first-order valence-corrected chi connectivity index (χ1v) is 9.09. The van der Waals surface area contributed by atoms with Gasteiger partial charge in [0.25, 0.3) is 5.91 Å². The van der Waals surface area contributed by atoms with Gasteiger partial charge in [0, 0.05) is 18.4 Å². The van der Waals surface area contributed by atoms with Gasteiger partial charge < -0.3 is 14.4 Å². The minimum atomic E-state index is -0.193. The van der Waals surface area contributed by atoms with E-state index in [0.29, 0.717) is 24.0 Å². The molecule has 2 heterocycles. The summed E-state index contributed by atoms with van der Waals surface area (Å²) in [7, 11) is 3.17. The van der Waals surface area contributed by atoms with E-state index in [2.05, 4.69) is 6.92 Å². The van der Waals surface area contributed by atoms with Crippen molar-refractivity contribution in [2.75, 3.05) is 32.3 Å². The summed E-state index contributed by atoms with van der Waals surface area (Å²) in [6.45, 7) is 2.59. The Morgan fingerprint density at radius 3 is 2.33 bits per heavy atom. The number of methoxy groups -OCH3 is 2. The van der Waals surface area contributed by atoms with E-state index < -0.39 is 0 Å². The number of carbonyl (C=O) groups excluding carboxylic acids is 2. The first-order chi connectivity index (χ1) is 11.5. The average Bonchev–Trinajstić information content (AvgIpc) is 3.10. The number of benzene rings is 1. The highest BCUT2D eigenvalue weighted by molar-refractivity contribution is 7.99. The van der Waals surface area contributed by atoms with Crippen LogP contribution in [0.5, 0.6) is 11.5 Å². The van der Waals surface area contributed by atoms with E-state index in [1.54, 1.807) is 36.9 Å². The van der Waals surface area contributed by atoms with Gasteiger partial charge in [-0.05, 0) is 29.4 Å². The second-order valence-corrected chi connectivity index (χ2v) is 7.28. The third-order valence-corrected chi connectivity index (χ3v) is 5.85. The predicted octanol–water partition coefficient (Wildman–Crippen LogP) is 2.22. The molecule has 2 atom stereocenters. The molecule has 0 spiro atoms. The predicted molar refractivity (Wildman–Crippen MR) is 92.5 cm³/mol. The standard InChI is InChI=1S/C17H22N2O4S/c1-11-9-24-10-15(11)19-16(20)8-18(17(19)21)7-12-4-13(22-2)6-14(5-12)23-3/h4-6,11,15H,7-10H2,1-3H3/t11-,15-/m1/s1. The molecule has 3 rings (SSSR count). The summed E-state index contributed by atoms with van der Waals surface area (Å²) in [6, 6.07) is 5.32. The lowest BCUT2D eigenvalue weighted by Crippen LogP contribution is -2.44. The summed E-state index contributed by atoms with van der Waals surface area (Å²) in [4.78, 5) is 28.1. The zero-order chi connectivity index (χ0) is 17.3. The molecule has 0 N–H and O–H groups in total. The molecule has 130 valence electrons. The van der Waals surface area contributed by atoms with E-state index in [9.17, 15) is 9.59 Å². The molecule has 1 aromatic rings. The highest BCUT2D eigenvalue weighted by atomic mass is 32.2. The van der Waals surface area contributed by atoms with Crippen LogP contribution in [0.1, 0.15) is 12.5 Å². The molecule has 2 saturated heterocycles. The van der Waals surface area contributed by atoms with Crippen molar-refractivity contribution < 1.29 is 19.1 Å². The summed E-state index contributed by atoms with van der Waals surface area (Å²) in [5.41, 5.74) is 0.878. The van der Waals surface area contributed by atoms with Crippen molar-refractivity contribution in [2.24, 2.45) is 5.92 Å². The zero-order valence-corrected chi connectivity index (χ0v) is 15.0. The highest BCUT2D eigenvalue weighted by Crippen LogP contribution is 2.31. The van der Waals surface area contributed by atoms with Crippen LogP contribution in [0.15, 0.2) is 18.2 Å². The summed E-state index contributed by atoms with van der Waals surface area (Å²) >= 11 is 1.80. The maximum atomic E-state index is 12.7. The number of imide groups is 1. The fraction of sp³-hybridized carbons (Fsp3) is 0.529. The lowest BCUT2D eigenvalue weighted by Gasteiger charge is -2.25. The second-order valence-electron chi connectivity index (χ2n) is 6.21. The van der Waals surface area contributed by atoms with Crippen molar-refractivity contribution in [1.82, 2.24) is 9.80 Å². The number of rotatable bonds is 5. The molecule has 2 fully saturated rings. The van der Waals surface area contributed by atoms with Crippen LogP contribution < -0.4 is 9.47 Å². The monoisotopic (exact) mass is 350 g/mol. The third kappa shape index (κ3) is 3.17. The van der Waals surface area contributed by atoms with Crippen LogP contribution >= 0.6 is 11.8 Å². The minimum Gasteiger partial charge on any atom is -0.497 e. The first-order valence-electron chi connectivity index (χ1n) is 7.94. The fourth-order valence-corrected chi connectivity index (χ4v) is 4.62. The van der Waals surface area contributed by atoms with E-state index in [1.165, 1.54) is 4.90 Å². The van der Waals surface area contributed by atoms with Gasteiger partial charge in [0.1, 0.15) is 18.0 Å². The van der Waals surface area contributed by atoms with Gasteiger partial charge in [-0.1, -0.05) is 6.92 Å². The van der Waals surface area contributed by atoms with Crippen LogP contribution in [0.4, 0.5) is 4.79 Å². The Hall–Kier alpha value is -1.89. The Morgan fingerprint density at radius 2 is 1.79 bits per heavy atom. The Morgan fingerprint density at radius 1 is 1.12 bits per heavy atom. The van der Waals surface area contributed by atoms with Crippen LogP contribution in [-0.4, -0.2) is 60.1 Å². The maximum Gasteiger partial charge on any atom is 0.327 e. The van der Waals surface area contributed by atoms with Gasteiger partial charge in [-0.15, -0.1) is 0 Å². The Labute approximate surface area is 146 Å². The average molecular weight is 350 g/mol. The van der Waals surface area contributed by atoms with Gasteiger partial charge in [-0.3, -0.25) is 9.69 Å². The van der Waals surface area contributed by atoms with E-state index in [4.69, 9.17) is 9.47 Å². The molecule has 2 aliphatic rings. The molecular weight excluding hydrogens is 328 g/mol. The van der Waals surface area contributed by atoms with Gasteiger partial charge in [-0.2, -0.15) is 11.8 Å². The van der Waals surface area contributed by atoms with Gasteiger partial charge in [-0.25, -0.2) is 4.79 Å². The van der Waals surface area contributed by atoms with E-state index in [0.717, 1.165) is 17.1 Å². The summed E-state index contributed by atoms with van der Waals surface area (Å²) in [5.74, 6) is 3.41. The molecule has 0 bridgehead atoms. The van der Waals surface area contributed by atoms with Crippen LogP contribution in [0, 0.1) is 5.92 Å². The number of amides is 3. The molecule has 7 heteroatoms. The van der Waals surface area contributed by atoms with Crippen LogP contribution in [-0.2, 0) is 11.3 Å². The number of hydrogen-bond donors (Lipinski definition) is 0. The fourth-order valence-electron chi connectivity index (χ4n) is 3.17. The van der Waals surface area contributed by atoms with Gasteiger partial charge in [0.15, 0.2) is 0 Å². The minimum absolute atomic E-state index is 0.0137. The van der Waals surface area contributed by atoms with Crippen molar-refractivity contribution >= 4 is 23.7 Å². The number of hydrogen-bond acceptors (Lipinski definition) is 5. The maximum absolute atomic E-state index is 12.7. The highest BCUT2D eigenvalue weighted by Gasteiger charge is 2.43. The SMILES string of the molecule is COc1cc(CN2CC(=O)N([C@@H]3CSC[C@H]3C)C2=O)cc(OC)c1. The Bertz CT molecular complexity index is 629. The summed E-state index contributed by atoms with van der Waals surface area (Å²) < 4.78 is 10.5. The van der Waals surface area contributed by atoms with E-state index in [-0.39, 0.29) is 24.5 Å². The zero-order valence-electron chi connectivity index (χ0n) is 14.2. The lowest BCUT2D eigenvalue weighted by molar-refractivity contribution is -0.127. The van der Waals surface area contributed by atoms with Crippen molar-refractivity contribution in [3.63, 3.8) is 0 Å². The van der Waals surface area contributed by atoms with Crippen LogP contribution in [0.25, 0.3) is 0 Å². The van der Waals surface area contributed by atoms with Crippen molar-refractivity contribution in [2.45, 2.75) is 19.5 Å². The van der Waals surface area contributed by atoms with Crippen molar-refractivity contribution in [3.8, 4) is 11.5 Å². The van der Waals surface area contributed by atoms with E-state index in [1.807, 2.05) is 12.1 Å². The van der Waals surface area contributed by atoms with Crippen molar-refractivity contribution in [3.05, 3.63) is 23.8 Å². The number of ether oxygens (including phenoxy) is 2. The molecule has 0 saturated carbocycles. The third-order valence-electron chi connectivity index (χ3n) is 4.51. The van der Waals surface area contributed by atoms with Gasteiger partial charge >= 0.3 is 6.03 Å². The molecule has 2 aliphatic heterocycles. The Kier molecular flexibility index (Phi) is 4.89. The quantitative estimate of drug-likeness (QED) is 0.762. The molecular formula is C17H22N2O4S. The first kappa shape index (κ1) is 17.0. The number of urea groups is 1. The lowest BCUT2D eigenvalue weighted by atomic mass is 10.1. The van der Waals surface area contributed by atoms with Crippen LogP contribution in [0.2, 0.25) is 0 Å². The second kappa shape index (κ2) is 6.93.